The number of nitrogens with zero attached hydrogens (tertiary/aromatic N) is 1. The van der Waals surface area contributed by atoms with Crippen LogP contribution in [0.15, 0.2) is 28.8 Å². The topological polar surface area (TPSA) is 55.1 Å². The summed E-state index contributed by atoms with van der Waals surface area (Å²) in [6, 6.07) is 3.89. The van der Waals surface area contributed by atoms with E-state index in [9.17, 15) is 9.18 Å². The number of carbonyl (C=O) groups excluding carboxylic acids is 1. The Kier molecular flexibility index (Phi) is 3.10. The van der Waals surface area contributed by atoms with Crippen LogP contribution in [0.4, 0.5) is 10.1 Å². The van der Waals surface area contributed by atoms with Crippen molar-refractivity contribution in [2.24, 2.45) is 0 Å². The van der Waals surface area contributed by atoms with Crippen molar-refractivity contribution in [3.05, 3.63) is 46.9 Å². The summed E-state index contributed by atoms with van der Waals surface area (Å²) in [5, 5.41) is 2.46. The molecule has 0 aliphatic rings. The summed E-state index contributed by atoms with van der Waals surface area (Å²) in [6.45, 7) is 1.63. The van der Waals surface area contributed by atoms with Gasteiger partial charge in [0, 0.05) is 12.6 Å². The van der Waals surface area contributed by atoms with Gasteiger partial charge in [0.25, 0.3) is 5.91 Å². The Morgan fingerprint density at radius 3 is 2.88 bits per heavy atom. The Hall–Kier alpha value is -1.88. The van der Waals surface area contributed by atoms with Crippen LogP contribution in [0.1, 0.15) is 16.4 Å². The van der Waals surface area contributed by atoms with Crippen molar-refractivity contribution < 1.29 is 13.6 Å². The Morgan fingerprint density at radius 2 is 2.29 bits per heavy atom. The van der Waals surface area contributed by atoms with Crippen molar-refractivity contribution in [3.8, 4) is 0 Å². The number of carbonyl (C=O) groups is 1. The first-order valence-electron chi connectivity index (χ1n) is 4.75. The van der Waals surface area contributed by atoms with Gasteiger partial charge in [-0.1, -0.05) is 11.6 Å². The Labute approximate surface area is 101 Å². The van der Waals surface area contributed by atoms with Gasteiger partial charge < -0.3 is 9.73 Å². The molecule has 2 rings (SSSR count). The second-order valence-electron chi connectivity index (χ2n) is 3.33. The lowest BCUT2D eigenvalue weighted by Gasteiger charge is -2.03. The zero-order valence-electron chi connectivity index (χ0n) is 8.83. The van der Waals surface area contributed by atoms with Crippen LogP contribution in [0.25, 0.3) is 0 Å². The molecule has 0 aliphatic heterocycles. The molecule has 0 unspecified atom stereocenters. The smallest absolute Gasteiger partial charge is 0.293 e. The van der Waals surface area contributed by atoms with Gasteiger partial charge in [0.2, 0.25) is 5.76 Å². The van der Waals surface area contributed by atoms with E-state index in [1.165, 1.54) is 24.4 Å². The number of halogens is 2. The van der Waals surface area contributed by atoms with E-state index in [1.54, 1.807) is 6.92 Å². The number of aryl methyl sites for hydroxylation is 1. The van der Waals surface area contributed by atoms with E-state index >= 15 is 0 Å². The van der Waals surface area contributed by atoms with E-state index in [0.717, 1.165) is 0 Å². The molecule has 0 bridgehead atoms. The SMILES string of the molecule is Cc1ncc(C(=O)Nc2ccc(F)c(Cl)c2)o1. The summed E-state index contributed by atoms with van der Waals surface area (Å²) < 4.78 is 17.9. The normalized spacial score (nSPS) is 10.3. The average molecular weight is 255 g/mol. The molecule has 4 nitrogen and oxygen atoms in total. The predicted octanol–water partition coefficient (Wildman–Crippen LogP) is 3.03. The van der Waals surface area contributed by atoms with E-state index < -0.39 is 11.7 Å². The first kappa shape index (κ1) is 11.6. The monoisotopic (exact) mass is 254 g/mol. The second kappa shape index (κ2) is 4.55. The van der Waals surface area contributed by atoms with Crippen LogP contribution in [-0.2, 0) is 0 Å². The van der Waals surface area contributed by atoms with Crippen LogP contribution in [0.2, 0.25) is 5.02 Å². The quantitative estimate of drug-likeness (QED) is 0.896. The standard InChI is InChI=1S/C11H8ClFN2O2/c1-6-14-5-10(17-6)11(16)15-7-2-3-9(13)8(12)4-7/h2-5H,1H3,(H,15,16). The molecule has 17 heavy (non-hydrogen) atoms. The minimum absolute atomic E-state index is 0.0587. The van der Waals surface area contributed by atoms with Crippen molar-refractivity contribution >= 4 is 23.2 Å². The molecule has 2 aromatic rings. The van der Waals surface area contributed by atoms with Crippen molar-refractivity contribution in [3.63, 3.8) is 0 Å². The summed E-state index contributed by atoms with van der Waals surface area (Å²) in [6.07, 6.45) is 1.32. The lowest BCUT2D eigenvalue weighted by atomic mass is 10.3. The number of hydrogen-bond donors (Lipinski definition) is 1. The van der Waals surface area contributed by atoms with E-state index in [2.05, 4.69) is 10.3 Å². The summed E-state index contributed by atoms with van der Waals surface area (Å²) in [5.74, 6) is -0.524. The maximum Gasteiger partial charge on any atom is 0.293 e. The molecular weight excluding hydrogens is 247 g/mol. The molecule has 6 heteroatoms. The number of nitrogens with one attached hydrogen (secondary N) is 1. The highest BCUT2D eigenvalue weighted by atomic mass is 35.5. The first-order chi connectivity index (χ1) is 8.06. The van der Waals surface area contributed by atoms with E-state index in [0.29, 0.717) is 11.6 Å². The van der Waals surface area contributed by atoms with Gasteiger partial charge in [0.05, 0.1) is 11.2 Å². The number of benzene rings is 1. The fourth-order valence-electron chi connectivity index (χ4n) is 1.23. The molecular formula is C11H8ClFN2O2. The molecule has 1 aromatic heterocycles. The molecule has 1 N–H and O–H groups in total. The van der Waals surface area contributed by atoms with Crippen molar-refractivity contribution in [2.75, 3.05) is 5.32 Å². The summed E-state index contributed by atoms with van der Waals surface area (Å²) in [5.41, 5.74) is 0.385. The molecule has 88 valence electrons. The van der Waals surface area contributed by atoms with Gasteiger partial charge in [0.1, 0.15) is 5.82 Å². The van der Waals surface area contributed by atoms with Gasteiger partial charge in [0.15, 0.2) is 5.89 Å². The van der Waals surface area contributed by atoms with Crippen LogP contribution in [0.3, 0.4) is 0 Å². The third kappa shape index (κ3) is 2.62. The second-order valence-corrected chi connectivity index (χ2v) is 3.73. The van der Waals surface area contributed by atoms with Crippen molar-refractivity contribution in [2.45, 2.75) is 6.92 Å². The predicted molar refractivity (Wildman–Crippen MR) is 60.6 cm³/mol. The third-order valence-corrected chi connectivity index (χ3v) is 2.31. The fraction of sp³-hybridized carbons (Fsp3) is 0.0909. The highest BCUT2D eigenvalue weighted by Gasteiger charge is 2.11. The number of hydrogen-bond acceptors (Lipinski definition) is 3. The van der Waals surface area contributed by atoms with Crippen LogP contribution in [0, 0.1) is 12.7 Å². The molecule has 1 amide bonds. The van der Waals surface area contributed by atoms with Crippen LogP contribution in [-0.4, -0.2) is 10.9 Å². The third-order valence-electron chi connectivity index (χ3n) is 2.02. The zero-order valence-corrected chi connectivity index (χ0v) is 9.58. The van der Waals surface area contributed by atoms with Gasteiger partial charge >= 0.3 is 0 Å². The molecule has 1 aromatic carbocycles. The van der Waals surface area contributed by atoms with Gasteiger partial charge in [-0.15, -0.1) is 0 Å². The minimum atomic E-state index is -0.542. The van der Waals surface area contributed by atoms with E-state index in [-0.39, 0.29) is 10.8 Å². The first-order valence-corrected chi connectivity index (χ1v) is 5.13. The molecule has 0 saturated heterocycles. The minimum Gasteiger partial charge on any atom is -0.436 e. The average Bonchev–Trinajstić information content (AvgIpc) is 2.70. The molecule has 0 spiro atoms. The summed E-state index contributed by atoms with van der Waals surface area (Å²) >= 11 is 5.59. The van der Waals surface area contributed by atoms with Crippen LogP contribution >= 0.6 is 11.6 Å². The van der Waals surface area contributed by atoms with E-state index in [4.69, 9.17) is 16.0 Å². The highest BCUT2D eigenvalue weighted by molar-refractivity contribution is 6.31. The van der Waals surface area contributed by atoms with Gasteiger partial charge in [-0.3, -0.25) is 4.79 Å². The van der Waals surface area contributed by atoms with Gasteiger partial charge in [-0.05, 0) is 18.2 Å². The number of amides is 1. The lowest BCUT2D eigenvalue weighted by molar-refractivity contribution is 0.0995. The maximum absolute atomic E-state index is 12.9. The molecule has 0 saturated carbocycles. The Bertz CT molecular complexity index is 568. The summed E-state index contributed by atoms with van der Waals surface area (Å²) in [7, 11) is 0. The Morgan fingerprint density at radius 1 is 1.53 bits per heavy atom. The maximum atomic E-state index is 12.9. The zero-order chi connectivity index (χ0) is 12.4. The molecule has 0 radical (unpaired) electrons. The fourth-order valence-corrected chi connectivity index (χ4v) is 1.41. The van der Waals surface area contributed by atoms with Crippen molar-refractivity contribution in [1.82, 2.24) is 4.98 Å². The van der Waals surface area contributed by atoms with Crippen LogP contribution < -0.4 is 5.32 Å². The Balaban J connectivity index is 2.15. The largest absolute Gasteiger partial charge is 0.436 e. The highest BCUT2D eigenvalue weighted by Crippen LogP contribution is 2.19. The molecule has 0 atom stereocenters. The van der Waals surface area contributed by atoms with Crippen LogP contribution in [0.5, 0.6) is 0 Å². The number of anilines is 1. The van der Waals surface area contributed by atoms with Gasteiger partial charge in [-0.25, -0.2) is 9.37 Å². The lowest BCUT2D eigenvalue weighted by Crippen LogP contribution is -2.10. The van der Waals surface area contributed by atoms with Crippen molar-refractivity contribution in [1.29, 1.82) is 0 Å². The van der Waals surface area contributed by atoms with E-state index in [1.807, 2.05) is 0 Å². The summed E-state index contributed by atoms with van der Waals surface area (Å²) in [4.78, 5) is 15.4. The number of aromatic nitrogens is 1. The molecule has 0 aliphatic carbocycles. The van der Waals surface area contributed by atoms with Gasteiger partial charge in [-0.2, -0.15) is 0 Å². The molecule has 1 heterocycles. The number of oxazole rings is 1. The number of rotatable bonds is 2. The molecule has 0 fully saturated rings.